The van der Waals surface area contributed by atoms with Crippen LogP contribution in [0.5, 0.6) is 5.75 Å². The molecule has 0 bridgehead atoms. The van der Waals surface area contributed by atoms with Gasteiger partial charge in [-0.25, -0.2) is 4.99 Å². The maximum Gasteiger partial charge on any atom is 0.212 e. The number of Topliss-reactive ketones (excluding diaryl/α,β-unsaturated/α-hetero) is 1. The first-order chi connectivity index (χ1) is 12.7. The number of phenolic OH excluding ortho intramolecular Hbond substituents is 1. The van der Waals surface area contributed by atoms with E-state index >= 15 is 0 Å². The third kappa shape index (κ3) is 3.00. The smallest absolute Gasteiger partial charge is 0.212 e. The van der Waals surface area contributed by atoms with Crippen LogP contribution in [-0.2, 0) is 0 Å². The first kappa shape index (κ1) is 15.8. The Balaban J connectivity index is 1.82. The standard InChI is InChI=1S/C22H16N2O2/c25-21-13-7-6-12-18(21)24-20-14-19(23-15-8-2-1-3-9-15)16-10-4-5-11-17(16)22(20)26/h1-14,23,25H. The van der Waals surface area contributed by atoms with Crippen LogP contribution in [0.25, 0.3) is 5.70 Å². The van der Waals surface area contributed by atoms with E-state index in [1.165, 1.54) is 0 Å². The Morgan fingerprint density at radius 1 is 0.769 bits per heavy atom. The van der Waals surface area contributed by atoms with E-state index in [0.717, 1.165) is 16.9 Å². The number of carbonyl (C=O) groups excluding carboxylic acids is 1. The van der Waals surface area contributed by atoms with Crippen LogP contribution >= 0.6 is 0 Å². The van der Waals surface area contributed by atoms with Gasteiger partial charge in [-0.15, -0.1) is 0 Å². The van der Waals surface area contributed by atoms with Gasteiger partial charge in [-0.3, -0.25) is 4.79 Å². The molecule has 0 unspecified atom stereocenters. The Hall–Kier alpha value is -3.66. The van der Waals surface area contributed by atoms with Crippen molar-refractivity contribution in [3.05, 3.63) is 96.1 Å². The third-order valence-electron chi connectivity index (χ3n) is 4.15. The fourth-order valence-electron chi connectivity index (χ4n) is 2.89. The number of aliphatic imine (C=N–C) groups is 1. The van der Waals surface area contributed by atoms with E-state index < -0.39 is 0 Å². The van der Waals surface area contributed by atoms with Gasteiger partial charge >= 0.3 is 0 Å². The average Bonchev–Trinajstić information content (AvgIpc) is 2.68. The summed E-state index contributed by atoms with van der Waals surface area (Å²) in [5.41, 5.74) is 3.78. The van der Waals surface area contributed by atoms with Gasteiger partial charge in [0, 0.05) is 22.5 Å². The highest BCUT2D eigenvalue weighted by molar-refractivity contribution is 6.53. The number of ketones is 1. The Labute approximate surface area is 151 Å². The van der Waals surface area contributed by atoms with Crippen LogP contribution in [0.1, 0.15) is 15.9 Å². The monoisotopic (exact) mass is 340 g/mol. The average molecular weight is 340 g/mol. The van der Waals surface area contributed by atoms with Crippen LogP contribution in [0.2, 0.25) is 0 Å². The number of hydrogen-bond donors (Lipinski definition) is 2. The number of phenols is 1. The first-order valence-electron chi connectivity index (χ1n) is 8.27. The van der Waals surface area contributed by atoms with E-state index in [2.05, 4.69) is 10.3 Å². The molecule has 0 heterocycles. The summed E-state index contributed by atoms with van der Waals surface area (Å²) >= 11 is 0. The number of aromatic hydroxyl groups is 1. The largest absolute Gasteiger partial charge is 0.506 e. The van der Waals surface area contributed by atoms with Crippen molar-refractivity contribution in [1.82, 2.24) is 0 Å². The minimum atomic E-state index is -0.164. The second-order valence-corrected chi connectivity index (χ2v) is 5.91. The van der Waals surface area contributed by atoms with Crippen LogP contribution in [0.3, 0.4) is 0 Å². The molecule has 3 aromatic carbocycles. The molecule has 126 valence electrons. The van der Waals surface area contributed by atoms with Gasteiger partial charge in [0.15, 0.2) is 0 Å². The van der Waals surface area contributed by atoms with Crippen molar-refractivity contribution < 1.29 is 9.90 Å². The van der Waals surface area contributed by atoms with Gasteiger partial charge in [0.2, 0.25) is 5.78 Å². The fraction of sp³-hybridized carbons (Fsp3) is 0. The van der Waals surface area contributed by atoms with Crippen molar-refractivity contribution in [1.29, 1.82) is 0 Å². The summed E-state index contributed by atoms with van der Waals surface area (Å²) in [6.07, 6.45) is 1.73. The van der Waals surface area contributed by atoms with Crippen molar-refractivity contribution in [2.75, 3.05) is 5.32 Å². The molecule has 3 aromatic rings. The van der Waals surface area contributed by atoms with Crippen molar-refractivity contribution in [3.63, 3.8) is 0 Å². The molecule has 0 saturated heterocycles. The SMILES string of the molecule is O=C1C(=Nc2ccccc2O)C=C(Nc2ccccc2)c2ccccc21. The Bertz CT molecular complexity index is 1040. The Kier molecular flexibility index (Phi) is 4.07. The van der Waals surface area contributed by atoms with Gasteiger partial charge in [0.25, 0.3) is 0 Å². The number of allylic oxidation sites excluding steroid dienone is 1. The van der Waals surface area contributed by atoms with Gasteiger partial charge < -0.3 is 10.4 Å². The lowest BCUT2D eigenvalue weighted by Gasteiger charge is -2.19. The summed E-state index contributed by atoms with van der Waals surface area (Å²) in [5.74, 6) is -0.125. The van der Waals surface area contributed by atoms with Crippen LogP contribution in [0.15, 0.2) is 89.9 Å². The number of hydrogen-bond acceptors (Lipinski definition) is 4. The van der Waals surface area contributed by atoms with Crippen LogP contribution in [0.4, 0.5) is 11.4 Å². The molecular weight excluding hydrogens is 324 g/mol. The maximum absolute atomic E-state index is 12.8. The molecule has 0 aromatic heterocycles. The van der Waals surface area contributed by atoms with Crippen LogP contribution < -0.4 is 5.32 Å². The molecule has 0 amide bonds. The van der Waals surface area contributed by atoms with Crippen molar-refractivity contribution in [2.45, 2.75) is 0 Å². The molecule has 4 rings (SSSR count). The Morgan fingerprint density at radius 3 is 2.19 bits per heavy atom. The maximum atomic E-state index is 12.8. The van der Waals surface area contributed by atoms with Crippen LogP contribution in [-0.4, -0.2) is 16.6 Å². The molecule has 0 saturated carbocycles. The predicted molar refractivity (Wildman–Crippen MR) is 104 cm³/mol. The summed E-state index contributed by atoms with van der Waals surface area (Å²) in [5, 5.41) is 13.3. The quantitative estimate of drug-likeness (QED) is 0.719. The summed E-state index contributed by atoms with van der Waals surface area (Å²) in [6, 6.07) is 23.9. The molecule has 2 N–H and O–H groups in total. The zero-order valence-electron chi connectivity index (χ0n) is 13.9. The second kappa shape index (κ2) is 6.69. The van der Waals surface area contributed by atoms with Gasteiger partial charge in [0.1, 0.15) is 17.1 Å². The van der Waals surface area contributed by atoms with E-state index in [9.17, 15) is 9.90 Å². The number of rotatable bonds is 3. The number of fused-ring (bicyclic) bond motifs is 1. The summed E-state index contributed by atoms with van der Waals surface area (Å²) in [4.78, 5) is 17.2. The zero-order chi connectivity index (χ0) is 17.9. The molecule has 4 nitrogen and oxygen atoms in total. The highest BCUT2D eigenvalue weighted by atomic mass is 16.3. The predicted octanol–water partition coefficient (Wildman–Crippen LogP) is 4.81. The van der Waals surface area contributed by atoms with Crippen molar-refractivity contribution >= 4 is 28.6 Å². The van der Waals surface area contributed by atoms with Crippen molar-refractivity contribution in [3.8, 4) is 5.75 Å². The number of benzene rings is 3. The van der Waals surface area contributed by atoms with Gasteiger partial charge in [0.05, 0.1) is 0 Å². The number of nitrogens with one attached hydrogen (secondary N) is 1. The lowest BCUT2D eigenvalue weighted by Crippen LogP contribution is -2.21. The molecule has 4 heteroatoms. The molecule has 0 atom stereocenters. The summed E-state index contributed by atoms with van der Waals surface area (Å²) in [6.45, 7) is 0. The highest BCUT2D eigenvalue weighted by Gasteiger charge is 2.24. The van der Waals surface area contributed by atoms with E-state index in [0.29, 0.717) is 11.3 Å². The molecule has 0 spiro atoms. The minimum Gasteiger partial charge on any atom is -0.506 e. The molecule has 26 heavy (non-hydrogen) atoms. The van der Waals surface area contributed by atoms with E-state index in [1.54, 1.807) is 36.4 Å². The highest BCUT2D eigenvalue weighted by Crippen LogP contribution is 2.30. The fourth-order valence-corrected chi connectivity index (χ4v) is 2.89. The van der Waals surface area contributed by atoms with Gasteiger partial charge in [-0.05, 0) is 30.3 Å². The first-order valence-corrected chi connectivity index (χ1v) is 8.27. The van der Waals surface area contributed by atoms with E-state index in [-0.39, 0.29) is 17.2 Å². The second-order valence-electron chi connectivity index (χ2n) is 5.91. The van der Waals surface area contributed by atoms with Gasteiger partial charge in [-0.2, -0.15) is 0 Å². The minimum absolute atomic E-state index is 0.0395. The molecule has 0 fully saturated rings. The molecule has 1 aliphatic rings. The lowest BCUT2D eigenvalue weighted by molar-refractivity contribution is 0.106. The third-order valence-corrected chi connectivity index (χ3v) is 4.15. The summed E-state index contributed by atoms with van der Waals surface area (Å²) < 4.78 is 0. The normalized spacial score (nSPS) is 14.7. The number of carbonyl (C=O) groups is 1. The van der Waals surface area contributed by atoms with Crippen LogP contribution in [0, 0.1) is 0 Å². The Morgan fingerprint density at radius 2 is 1.42 bits per heavy atom. The topological polar surface area (TPSA) is 61.7 Å². The number of nitrogens with zero attached hydrogens (tertiary/aromatic N) is 1. The molecular formula is C22H16N2O2. The molecule has 0 aliphatic heterocycles. The molecule has 1 aliphatic carbocycles. The molecule has 0 radical (unpaired) electrons. The zero-order valence-corrected chi connectivity index (χ0v) is 13.9. The van der Waals surface area contributed by atoms with Gasteiger partial charge in [-0.1, -0.05) is 54.6 Å². The number of anilines is 1. The number of para-hydroxylation sites is 3. The van der Waals surface area contributed by atoms with E-state index in [4.69, 9.17) is 0 Å². The summed E-state index contributed by atoms with van der Waals surface area (Å²) in [7, 11) is 0. The van der Waals surface area contributed by atoms with E-state index in [1.807, 2.05) is 48.5 Å². The lowest BCUT2D eigenvalue weighted by atomic mass is 9.92. The van der Waals surface area contributed by atoms with Crippen molar-refractivity contribution in [2.24, 2.45) is 4.99 Å².